The van der Waals surface area contributed by atoms with Gasteiger partial charge in [-0.15, -0.1) is 0 Å². The largest absolute Gasteiger partial charge is 0.288 e. The zero-order valence-corrected chi connectivity index (χ0v) is 19.3. The molecule has 0 spiro atoms. The summed E-state index contributed by atoms with van der Waals surface area (Å²) >= 11 is 0. The molecule has 0 heterocycles. The highest BCUT2D eigenvalue weighted by Crippen LogP contribution is 2.40. The van der Waals surface area contributed by atoms with E-state index < -0.39 is 0 Å². The van der Waals surface area contributed by atoms with Crippen LogP contribution in [0.1, 0.15) is 74.6 Å². The lowest BCUT2D eigenvalue weighted by Gasteiger charge is -2.32. The van der Waals surface area contributed by atoms with E-state index >= 15 is 0 Å². The third-order valence-electron chi connectivity index (χ3n) is 6.19. The van der Waals surface area contributed by atoms with Crippen molar-refractivity contribution in [3.05, 3.63) is 106 Å². The maximum absolute atomic E-state index is 12.4. The zero-order chi connectivity index (χ0) is 22.6. The van der Waals surface area contributed by atoms with Gasteiger partial charge in [0.1, 0.15) is 0 Å². The Kier molecular flexibility index (Phi) is 6.90. The van der Waals surface area contributed by atoms with Crippen molar-refractivity contribution in [2.24, 2.45) is 5.41 Å². The third-order valence-corrected chi connectivity index (χ3v) is 6.19. The molecule has 0 atom stereocenters. The van der Waals surface area contributed by atoms with Gasteiger partial charge in [0.2, 0.25) is 0 Å². The fourth-order valence-electron chi connectivity index (χ4n) is 4.33. The Bertz CT molecular complexity index is 1040. The Morgan fingerprint density at radius 1 is 0.935 bits per heavy atom. The molecule has 0 N–H and O–H groups in total. The summed E-state index contributed by atoms with van der Waals surface area (Å²) in [4.78, 5) is 24.9. The van der Waals surface area contributed by atoms with Gasteiger partial charge in [0, 0.05) is 11.1 Å². The predicted molar refractivity (Wildman–Crippen MR) is 129 cm³/mol. The van der Waals surface area contributed by atoms with Gasteiger partial charge in [0.05, 0.1) is 5.57 Å². The van der Waals surface area contributed by atoms with Gasteiger partial charge >= 0.3 is 0 Å². The van der Waals surface area contributed by atoms with E-state index in [1.165, 1.54) is 36.0 Å². The lowest BCUT2D eigenvalue weighted by molar-refractivity contribution is 0.0989. The Morgan fingerprint density at radius 2 is 1.55 bits per heavy atom. The average Bonchev–Trinajstić information content (AvgIpc) is 2.96. The van der Waals surface area contributed by atoms with Gasteiger partial charge in [-0.1, -0.05) is 91.3 Å². The highest BCUT2D eigenvalue weighted by Gasteiger charge is 2.32. The summed E-state index contributed by atoms with van der Waals surface area (Å²) < 4.78 is 0. The third kappa shape index (κ3) is 5.19. The lowest BCUT2D eigenvalue weighted by atomic mass is 9.72. The molecular weight excluding hydrogens is 380 g/mol. The number of Topliss-reactive ketones (excluding diaryl/α,β-unsaturated/α-hetero) is 2. The Labute approximate surface area is 186 Å². The molecule has 0 saturated heterocycles. The molecule has 0 saturated carbocycles. The first kappa shape index (κ1) is 22.7. The molecule has 0 unspecified atom stereocenters. The molecule has 31 heavy (non-hydrogen) atoms. The average molecular weight is 413 g/mol. The number of allylic oxidation sites excluding steroid dienone is 12. The van der Waals surface area contributed by atoms with Gasteiger partial charge in [-0.2, -0.15) is 0 Å². The highest BCUT2D eigenvalue weighted by molar-refractivity contribution is 6.39. The van der Waals surface area contributed by atoms with Gasteiger partial charge in [-0.05, 0) is 57.1 Å². The minimum atomic E-state index is -0.190. The van der Waals surface area contributed by atoms with Gasteiger partial charge in [0.25, 0.3) is 0 Å². The molecule has 160 valence electrons. The molecule has 0 fully saturated rings. The number of hydrogen-bond donors (Lipinski definition) is 0. The first-order chi connectivity index (χ1) is 14.7. The normalized spacial score (nSPS) is 19.7. The van der Waals surface area contributed by atoms with E-state index in [0.29, 0.717) is 11.1 Å². The summed E-state index contributed by atoms with van der Waals surface area (Å²) in [6.07, 6.45) is 17.7. The van der Waals surface area contributed by atoms with E-state index in [9.17, 15) is 9.59 Å². The van der Waals surface area contributed by atoms with Crippen LogP contribution in [0.4, 0.5) is 0 Å². The molecule has 1 aromatic rings. The van der Waals surface area contributed by atoms with E-state index in [0.717, 1.165) is 5.57 Å². The molecule has 2 nitrogen and oxygen atoms in total. The molecule has 2 heteroatoms. The van der Waals surface area contributed by atoms with Crippen molar-refractivity contribution in [1.82, 2.24) is 0 Å². The highest BCUT2D eigenvalue weighted by atomic mass is 16.2. The number of hydrogen-bond acceptors (Lipinski definition) is 2. The van der Waals surface area contributed by atoms with Crippen LogP contribution in [0, 0.1) is 5.41 Å². The first-order valence-electron chi connectivity index (χ1n) is 11.0. The minimum absolute atomic E-state index is 0.190. The van der Waals surface area contributed by atoms with Crippen molar-refractivity contribution in [3.8, 4) is 0 Å². The number of ketones is 2. The van der Waals surface area contributed by atoms with Crippen LogP contribution in [-0.2, 0) is 0 Å². The van der Waals surface area contributed by atoms with Crippen molar-refractivity contribution >= 4 is 11.6 Å². The fourth-order valence-corrected chi connectivity index (χ4v) is 4.33. The van der Waals surface area contributed by atoms with Crippen LogP contribution in [0.15, 0.2) is 94.7 Å². The van der Waals surface area contributed by atoms with Crippen LogP contribution in [0.2, 0.25) is 0 Å². The summed E-state index contributed by atoms with van der Waals surface area (Å²) in [6, 6.07) is 6.99. The Balaban J connectivity index is 1.67. The molecule has 3 rings (SSSR count). The number of benzene rings is 1. The van der Waals surface area contributed by atoms with E-state index in [-0.39, 0.29) is 22.6 Å². The van der Waals surface area contributed by atoms with E-state index in [1.807, 2.05) is 25.2 Å². The van der Waals surface area contributed by atoms with Gasteiger partial charge in [0.15, 0.2) is 11.6 Å². The summed E-state index contributed by atoms with van der Waals surface area (Å²) in [6.45, 7) is 11.0. The topological polar surface area (TPSA) is 34.1 Å². The van der Waals surface area contributed by atoms with Crippen LogP contribution in [0.3, 0.4) is 0 Å². The lowest BCUT2D eigenvalue weighted by Crippen LogP contribution is -2.19. The van der Waals surface area contributed by atoms with Gasteiger partial charge in [-0.25, -0.2) is 0 Å². The maximum atomic E-state index is 12.4. The minimum Gasteiger partial charge on any atom is -0.288 e. The number of rotatable bonds is 5. The van der Waals surface area contributed by atoms with E-state index in [1.54, 1.807) is 30.3 Å². The van der Waals surface area contributed by atoms with Crippen molar-refractivity contribution in [1.29, 1.82) is 0 Å². The molecule has 2 aliphatic rings. The Morgan fingerprint density at radius 3 is 2.16 bits per heavy atom. The molecule has 1 aromatic carbocycles. The van der Waals surface area contributed by atoms with Crippen LogP contribution in [0.5, 0.6) is 0 Å². The Hall–Kier alpha value is -3.00. The smallest absolute Gasteiger partial charge is 0.197 e. The number of fused-ring (bicyclic) bond motifs is 1. The standard InChI is InChI=1S/C29H32O2/c1-20(15-17-25-27(30)23-13-6-7-14-24(23)28(25)31)10-8-11-21(2)16-18-26-22(3)12-9-19-29(26,4)5/h6-8,10-11,13-18H,9,12,19H2,1-5H3. The molecule has 0 aromatic heterocycles. The van der Waals surface area contributed by atoms with Crippen molar-refractivity contribution in [2.45, 2.75) is 53.9 Å². The molecular formula is C29H32O2. The van der Waals surface area contributed by atoms with Crippen LogP contribution >= 0.6 is 0 Å². The fraction of sp³-hybridized carbons (Fsp3) is 0.310. The second-order valence-electron chi connectivity index (χ2n) is 9.23. The second kappa shape index (κ2) is 9.43. The molecule has 0 bridgehead atoms. The summed E-state index contributed by atoms with van der Waals surface area (Å²) in [5.74, 6) is -0.380. The van der Waals surface area contributed by atoms with Gasteiger partial charge < -0.3 is 0 Å². The van der Waals surface area contributed by atoms with Crippen molar-refractivity contribution in [3.63, 3.8) is 0 Å². The summed E-state index contributed by atoms with van der Waals surface area (Å²) in [7, 11) is 0. The van der Waals surface area contributed by atoms with Crippen molar-refractivity contribution < 1.29 is 9.59 Å². The second-order valence-corrected chi connectivity index (χ2v) is 9.23. The van der Waals surface area contributed by atoms with Gasteiger partial charge in [-0.3, -0.25) is 9.59 Å². The zero-order valence-electron chi connectivity index (χ0n) is 19.3. The molecule has 0 radical (unpaired) electrons. The maximum Gasteiger partial charge on any atom is 0.197 e. The first-order valence-corrected chi connectivity index (χ1v) is 11.0. The molecule has 0 aliphatic heterocycles. The van der Waals surface area contributed by atoms with Crippen LogP contribution < -0.4 is 0 Å². The summed E-state index contributed by atoms with van der Waals surface area (Å²) in [5, 5.41) is 0. The number of carbonyl (C=O) groups excluding carboxylic acids is 2. The van der Waals surface area contributed by atoms with E-state index in [4.69, 9.17) is 0 Å². The van der Waals surface area contributed by atoms with Crippen molar-refractivity contribution in [2.75, 3.05) is 0 Å². The molecule has 0 amide bonds. The van der Waals surface area contributed by atoms with Crippen LogP contribution in [-0.4, -0.2) is 11.6 Å². The quantitative estimate of drug-likeness (QED) is 0.285. The number of carbonyl (C=O) groups is 2. The molecule has 2 aliphatic carbocycles. The SMILES string of the molecule is CC(C=CC1=C(C)CCCC1(C)C)=CC=CC(C)=CC=C1C(=O)c2ccccc2C1=O. The summed E-state index contributed by atoms with van der Waals surface area (Å²) in [5.41, 5.74) is 6.60. The monoisotopic (exact) mass is 412 g/mol. The van der Waals surface area contributed by atoms with E-state index in [2.05, 4.69) is 45.9 Å². The van der Waals surface area contributed by atoms with Crippen LogP contribution in [0.25, 0.3) is 0 Å². The predicted octanol–water partition coefficient (Wildman–Crippen LogP) is 7.52.